The van der Waals surface area contributed by atoms with Crippen molar-refractivity contribution in [3.8, 4) is 5.75 Å². The summed E-state index contributed by atoms with van der Waals surface area (Å²) < 4.78 is 10.4. The van der Waals surface area contributed by atoms with E-state index < -0.39 is 0 Å². The molecule has 132 valence electrons. The summed E-state index contributed by atoms with van der Waals surface area (Å²) >= 11 is 0. The number of carbonyl (C=O) groups excluding carboxylic acids is 2. The molecule has 1 saturated heterocycles. The second-order valence-electron chi connectivity index (χ2n) is 5.94. The third-order valence-corrected chi connectivity index (χ3v) is 4.28. The number of methoxy groups -OCH3 is 1. The van der Waals surface area contributed by atoms with Crippen LogP contribution in [0.25, 0.3) is 0 Å². The van der Waals surface area contributed by atoms with Gasteiger partial charge in [-0.3, -0.25) is 9.59 Å². The van der Waals surface area contributed by atoms with Gasteiger partial charge in [-0.25, -0.2) is 0 Å². The third-order valence-electron chi connectivity index (χ3n) is 4.28. The number of anilines is 1. The van der Waals surface area contributed by atoms with Crippen molar-refractivity contribution in [2.24, 2.45) is 0 Å². The lowest BCUT2D eigenvalue weighted by Crippen LogP contribution is -3.15. The molecule has 1 aliphatic heterocycles. The van der Waals surface area contributed by atoms with E-state index in [2.05, 4.69) is 5.32 Å². The van der Waals surface area contributed by atoms with E-state index in [1.54, 1.807) is 24.1 Å². The first kappa shape index (κ1) is 17.0. The predicted molar refractivity (Wildman–Crippen MR) is 91.8 cm³/mol. The number of nitrogens with one attached hydrogen (secondary N) is 2. The lowest BCUT2D eigenvalue weighted by molar-refractivity contribution is -0.895. The van der Waals surface area contributed by atoms with Crippen LogP contribution in [0.4, 0.5) is 5.69 Å². The summed E-state index contributed by atoms with van der Waals surface area (Å²) in [6, 6.07) is 10.7. The number of amides is 2. The fourth-order valence-corrected chi connectivity index (χ4v) is 2.93. The summed E-state index contributed by atoms with van der Waals surface area (Å²) in [4.78, 5) is 27.4. The molecular formula is C18H22N3O4+. The highest BCUT2D eigenvalue weighted by Crippen LogP contribution is 2.22. The molecule has 7 nitrogen and oxygen atoms in total. The Labute approximate surface area is 146 Å². The van der Waals surface area contributed by atoms with Crippen molar-refractivity contribution >= 4 is 17.5 Å². The molecule has 1 aromatic heterocycles. The number of piperazine rings is 1. The predicted octanol–water partition coefficient (Wildman–Crippen LogP) is 0.268. The van der Waals surface area contributed by atoms with Crippen LogP contribution < -0.4 is 15.0 Å². The molecule has 0 unspecified atom stereocenters. The maximum Gasteiger partial charge on any atom is 0.289 e. The fraction of sp³-hybridized carbons (Fsp3) is 0.333. The van der Waals surface area contributed by atoms with Gasteiger partial charge in [0, 0.05) is 0 Å². The summed E-state index contributed by atoms with van der Waals surface area (Å²) in [7, 11) is 1.57. The Morgan fingerprint density at radius 1 is 1.20 bits per heavy atom. The number of rotatable bonds is 5. The second kappa shape index (κ2) is 7.85. The van der Waals surface area contributed by atoms with Crippen LogP contribution in [-0.4, -0.2) is 56.5 Å². The van der Waals surface area contributed by atoms with E-state index in [1.807, 2.05) is 24.3 Å². The summed E-state index contributed by atoms with van der Waals surface area (Å²) in [5, 5.41) is 2.88. The number of hydrogen-bond acceptors (Lipinski definition) is 4. The number of hydrogen-bond donors (Lipinski definition) is 2. The number of furan rings is 1. The second-order valence-corrected chi connectivity index (χ2v) is 5.94. The summed E-state index contributed by atoms with van der Waals surface area (Å²) in [6.07, 6.45) is 1.50. The molecule has 0 bridgehead atoms. The topological polar surface area (TPSA) is 76.2 Å². The Hall–Kier alpha value is -2.80. The normalized spacial score (nSPS) is 15.0. The molecule has 0 saturated carbocycles. The summed E-state index contributed by atoms with van der Waals surface area (Å²) in [5.41, 5.74) is 0.668. The smallest absolute Gasteiger partial charge is 0.289 e. The quantitative estimate of drug-likeness (QED) is 0.816. The largest absolute Gasteiger partial charge is 0.495 e. The molecule has 0 radical (unpaired) electrons. The zero-order valence-corrected chi connectivity index (χ0v) is 14.2. The van der Waals surface area contributed by atoms with Gasteiger partial charge < -0.3 is 24.3 Å². The van der Waals surface area contributed by atoms with E-state index in [1.165, 1.54) is 6.26 Å². The van der Waals surface area contributed by atoms with Crippen LogP contribution in [0.1, 0.15) is 10.6 Å². The van der Waals surface area contributed by atoms with Gasteiger partial charge in [0.05, 0.1) is 45.2 Å². The number of ether oxygens (including phenoxy) is 1. The van der Waals surface area contributed by atoms with Gasteiger partial charge in [0.2, 0.25) is 0 Å². The van der Waals surface area contributed by atoms with Crippen LogP contribution in [0, 0.1) is 0 Å². The lowest BCUT2D eigenvalue weighted by Gasteiger charge is -2.31. The molecular weight excluding hydrogens is 322 g/mol. The number of nitrogens with zero attached hydrogens (tertiary/aromatic N) is 1. The number of para-hydroxylation sites is 2. The van der Waals surface area contributed by atoms with Gasteiger partial charge in [-0.05, 0) is 24.3 Å². The molecule has 25 heavy (non-hydrogen) atoms. The van der Waals surface area contributed by atoms with Crippen molar-refractivity contribution in [3.63, 3.8) is 0 Å². The van der Waals surface area contributed by atoms with E-state index in [4.69, 9.17) is 9.15 Å². The number of carbonyl (C=O) groups is 2. The van der Waals surface area contributed by atoms with Crippen molar-refractivity contribution < 1.29 is 23.6 Å². The monoisotopic (exact) mass is 344 g/mol. The van der Waals surface area contributed by atoms with Gasteiger partial charge in [-0.1, -0.05) is 12.1 Å². The highest BCUT2D eigenvalue weighted by molar-refractivity contribution is 5.93. The average molecular weight is 344 g/mol. The maximum atomic E-state index is 12.3. The maximum absolute atomic E-state index is 12.3. The van der Waals surface area contributed by atoms with Crippen molar-refractivity contribution in [1.29, 1.82) is 0 Å². The van der Waals surface area contributed by atoms with Crippen molar-refractivity contribution in [3.05, 3.63) is 48.4 Å². The van der Waals surface area contributed by atoms with Crippen LogP contribution in [0.3, 0.4) is 0 Å². The molecule has 2 heterocycles. The molecule has 0 spiro atoms. The van der Waals surface area contributed by atoms with Gasteiger partial charge >= 0.3 is 0 Å². The van der Waals surface area contributed by atoms with Gasteiger partial charge in [-0.15, -0.1) is 0 Å². The number of quaternary nitrogens is 1. The molecule has 0 atom stereocenters. The Bertz CT molecular complexity index is 722. The zero-order chi connectivity index (χ0) is 17.6. The Morgan fingerprint density at radius 2 is 1.96 bits per heavy atom. The fourth-order valence-electron chi connectivity index (χ4n) is 2.93. The molecule has 1 aromatic carbocycles. The van der Waals surface area contributed by atoms with E-state index in [0.717, 1.165) is 18.0 Å². The van der Waals surface area contributed by atoms with Crippen LogP contribution in [-0.2, 0) is 4.79 Å². The van der Waals surface area contributed by atoms with Gasteiger partial charge in [-0.2, -0.15) is 0 Å². The first-order valence-electron chi connectivity index (χ1n) is 8.26. The Kier molecular flexibility index (Phi) is 5.35. The van der Waals surface area contributed by atoms with Crippen molar-refractivity contribution in [2.75, 3.05) is 45.2 Å². The number of benzene rings is 1. The lowest BCUT2D eigenvalue weighted by atomic mass is 10.2. The van der Waals surface area contributed by atoms with Crippen LogP contribution >= 0.6 is 0 Å². The Balaban J connectivity index is 1.49. The minimum Gasteiger partial charge on any atom is -0.495 e. The van der Waals surface area contributed by atoms with Crippen LogP contribution in [0.5, 0.6) is 5.75 Å². The highest BCUT2D eigenvalue weighted by Gasteiger charge is 2.27. The van der Waals surface area contributed by atoms with Crippen molar-refractivity contribution in [1.82, 2.24) is 4.90 Å². The van der Waals surface area contributed by atoms with E-state index in [-0.39, 0.29) is 11.8 Å². The molecule has 3 rings (SSSR count). The van der Waals surface area contributed by atoms with E-state index >= 15 is 0 Å². The first-order chi connectivity index (χ1) is 12.2. The third kappa shape index (κ3) is 4.19. The molecule has 0 aliphatic carbocycles. The first-order valence-corrected chi connectivity index (χ1v) is 8.26. The molecule has 1 aliphatic rings. The summed E-state index contributed by atoms with van der Waals surface area (Å²) in [5.74, 6) is 0.838. The Morgan fingerprint density at radius 3 is 2.64 bits per heavy atom. The minimum atomic E-state index is -0.0949. The van der Waals surface area contributed by atoms with Gasteiger partial charge in [0.1, 0.15) is 5.75 Å². The van der Waals surface area contributed by atoms with Gasteiger partial charge in [0.25, 0.3) is 11.8 Å². The average Bonchev–Trinajstić information content (AvgIpc) is 3.17. The zero-order valence-electron chi connectivity index (χ0n) is 14.2. The van der Waals surface area contributed by atoms with Crippen LogP contribution in [0.15, 0.2) is 47.1 Å². The molecule has 7 heteroatoms. The van der Waals surface area contributed by atoms with E-state index in [9.17, 15) is 9.59 Å². The SMILES string of the molecule is COc1ccccc1NC(=O)C[NH+]1CCN(C(=O)c2ccco2)CC1. The molecule has 2 aromatic rings. The summed E-state index contributed by atoms with van der Waals surface area (Å²) in [6.45, 7) is 3.03. The van der Waals surface area contributed by atoms with Crippen LogP contribution in [0.2, 0.25) is 0 Å². The van der Waals surface area contributed by atoms with Crippen molar-refractivity contribution in [2.45, 2.75) is 0 Å². The van der Waals surface area contributed by atoms with E-state index in [0.29, 0.717) is 36.8 Å². The standard InChI is InChI=1S/C18H21N3O4/c1-24-15-6-3-2-5-14(15)19-17(22)13-20-8-10-21(11-9-20)18(23)16-7-4-12-25-16/h2-7,12H,8-11,13H2,1H3,(H,19,22)/p+1. The van der Waals surface area contributed by atoms with Gasteiger partial charge in [0.15, 0.2) is 12.3 Å². The minimum absolute atomic E-state index is 0.0645. The molecule has 1 fully saturated rings. The molecule has 2 N–H and O–H groups in total. The molecule has 2 amide bonds. The highest BCUT2D eigenvalue weighted by atomic mass is 16.5.